The van der Waals surface area contributed by atoms with Crippen LogP contribution in [0.25, 0.3) is 0 Å². The van der Waals surface area contributed by atoms with E-state index in [2.05, 4.69) is 15.2 Å². The number of hydrogen-bond donors (Lipinski definition) is 2. The van der Waals surface area contributed by atoms with Gasteiger partial charge in [-0.05, 0) is 25.0 Å². The third-order valence-electron chi connectivity index (χ3n) is 3.17. The quantitative estimate of drug-likeness (QED) is 0.833. The summed E-state index contributed by atoms with van der Waals surface area (Å²) in [6, 6.07) is 4.01. The molecule has 5 nitrogen and oxygen atoms in total. The predicted molar refractivity (Wildman–Crippen MR) is 69.3 cm³/mol. The van der Waals surface area contributed by atoms with Crippen molar-refractivity contribution >= 4 is 11.7 Å². The number of amides is 1. The smallest absolute Gasteiger partial charge is 0.217 e. The highest BCUT2D eigenvalue weighted by molar-refractivity contribution is 5.73. The lowest BCUT2D eigenvalue weighted by Gasteiger charge is -2.18. The maximum atomic E-state index is 11.0. The molecular formula is C13H19N3O2. The van der Waals surface area contributed by atoms with Crippen molar-refractivity contribution in [3.8, 4) is 0 Å². The Balaban J connectivity index is 1.98. The van der Waals surface area contributed by atoms with Gasteiger partial charge in [-0.25, -0.2) is 4.98 Å². The Bertz CT molecular complexity index is 417. The molecule has 0 saturated carbocycles. The van der Waals surface area contributed by atoms with Gasteiger partial charge in [-0.15, -0.1) is 0 Å². The number of anilines is 1. The Kier molecular flexibility index (Phi) is 3.81. The first-order valence-electron chi connectivity index (χ1n) is 6.22. The molecule has 0 aromatic carbocycles. The van der Waals surface area contributed by atoms with E-state index < -0.39 is 6.10 Å². The minimum atomic E-state index is -0.489. The van der Waals surface area contributed by atoms with Crippen molar-refractivity contribution in [1.29, 1.82) is 0 Å². The highest BCUT2D eigenvalue weighted by Crippen LogP contribution is 2.20. The minimum absolute atomic E-state index is 0.0132. The van der Waals surface area contributed by atoms with Crippen LogP contribution in [0.4, 0.5) is 5.82 Å². The maximum absolute atomic E-state index is 11.0. The van der Waals surface area contributed by atoms with Gasteiger partial charge in [0.05, 0.1) is 6.10 Å². The minimum Gasteiger partial charge on any atom is -0.389 e. The maximum Gasteiger partial charge on any atom is 0.217 e. The number of hydrogen-bond acceptors (Lipinski definition) is 4. The molecule has 1 unspecified atom stereocenters. The summed E-state index contributed by atoms with van der Waals surface area (Å²) >= 11 is 0. The van der Waals surface area contributed by atoms with Gasteiger partial charge in [0.25, 0.3) is 0 Å². The summed E-state index contributed by atoms with van der Waals surface area (Å²) in [5.41, 5.74) is 0.816. The highest BCUT2D eigenvalue weighted by Gasteiger charge is 2.23. The third kappa shape index (κ3) is 2.98. The lowest BCUT2D eigenvalue weighted by molar-refractivity contribution is -0.119. The van der Waals surface area contributed by atoms with Crippen LogP contribution in [0.3, 0.4) is 0 Å². The molecule has 1 aliphatic rings. The van der Waals surface area contributed by atoms with E-state index >= 15 is 0 Å². The molecular weight excluding hydrogens is 230 g/mol. The van der Waals surface area contributed by atoms with Gasteiger partial charge in [-0.3, -0.25) is 4.79 Å². The molecule has 2 atom stereocenters. The second kappa shape index (κ2) is 5.35. The molecule has 1 saturated heterocycles. The standard InChI is InChI=1S/C13H19N3O2/c1-9(17)11-3-4-13(14-7-11)16-6-5-12(8-16)15-10(2)18/h3-4,7,9,12,17H,5-6,8H2,1-2H3,(H,15,18)/t9-,12?/m0/s1. The molecule has 98 valence electrons. The van der Waals surface area contributed by atoms with Crippen LogP contribution in [0.2, 0.25) is 0 Å². The topological polar surface area (TPSA) is 65.5 Å². The van der Waals surface area contributed by atoms with Gasteiger partial charge in [0, 0.05) is 32.3 Å². The van der Waals surface area contributed by atoms with Crippen molar-refractivity contribution < 1.29 is 9.90 Å². The van der Waals surface area contributed by atoms with Crippen LogP contribution in [0.5, 0.6) is 0 Å². The summed E-state index contributed by atoms with van der Waals surface area (Å²) in [4.78, 5) is 17.5. The highest BCUT2D eigenvalue weighted by atomic mass is 16.3. The fourth-order valence-electron chi connectivity index (χ4n) is 2.21. The summed E-state index contributed by atoms with van der Waals surface area (Å²) in [6.45, 7) is 4.95. The lowest BCUT2D eigenvalue weighted by atomic mass is 10.2. The van der Waals surface area contributed by atoms with Crippen LogP contribution < -0.4 is 10.2 Å². The van der Waals surface area contributed by atoms with Crippen molar-refractivity contribution in [3.63, 3.8) is 0 Å². The first-order valence-corrected chi connectivity index (χ1v) is 6.22. The van der Waals surface area contributed by atoms with Gasteiger partial charge < -0.3 is 15.3 Å². The monoisotopic (exact) mass is 249 g/mol. The van der Waals surface area contributed by atoms with Crippen LogP contribution in [0, 0.1) is 0 Å². The molecule has 0 bridgehead atoms. The SMILES string of the molecule is CC(=O)NC1CCN(c2ccc([C@H](C)O)cn2)C1. The Morgan fingerprint density at radius 1 is 1.61 bits per heavy atom. The van der Waals surface area contributed by atoms with E-state index in [1.165, 1.54) is 0 Å². The number of nitrogens with one attached hydrogen (secondary N) is 1. The van der Waals surface area contributed by atoms with E-state index in [1.807, 2.05) is 12.1 Å². The van der Waals surface area contributed by atoms with Gasteiger partial charge in [0.2, 0.25) is 5.91 Å². The number of carbonyl (C=O) groups excluding carboxylic acids is 1. The Morgan fingerprint density at radius 3 is 2.94 bits per heavy atom. The zero-order valence-electron chi connectivity index (χ0n) is 10.8. The van der Waals surface area contributed by atoms with Gasteiger partial charge in [0.1, 0.15) is 5.82 Å². The first kappa shape index (κ1) is 12.8. The Labute approximate surface area is 107 Å². The van der Waals surface area contributed by atoms with E-state index in [9.17, 15) is 9.90 Å². The molecule has 0 aliphatic carbocycles. The average molecular weight is 249 g/mol. The first-order chi connectivity index (χ1) is 8.56. The van der Waals surface area contributed by atoms with Crippen LogP contribution in [0.15, 0.2) is 18.3 Å². The van der Waals surface area contributed by atoms with Crippen LogP contribution in [-0.2, 0) is 4.79 Å². The van der Waals surface area contributed by atoms with Crippen LogP contribution in [-0.4, -0.2) is 35.1 Å². The summed E-state index contributed by atoms with van der Waals surface area (Å²) in [6.07, 6.45) is 2.16. The molecule has 1 amide bonds. The van der Waals surface area contributed by atoms with Crippen molar-refractivity contribution in [1.82, 2.24) is 10.3 Å². The molecule has 1 aliphatic heterocycles. The number of rotatable bonds is 3. The van der Waals surface area contributed by atoms with Crippen LogP contribution >= 0.6 is 0 Å². The zero-order chi connectivity index (χ0) is 13.1. The summed E-state index contributed by atoms with van der Waals surface area (Å²) in [7, 11) is 0. The molecule has 2 rings (SSSR count). The zero-order valence-corrected chi connectivity index (χ0v) is 10.8. The van der Waals surface area contributed by atoms with Gasteiger partial charge >= 0.3 is 0 Å². The summed E-state index contributed by atoms with van der Waals surface area (Å²) in [5.74, 6) is 0.909. The van der Waals surface area contributed by atoms with Crippen molar-refractivity contribution in [2.24, 2.45) is 0 Å². The van der Waals surface area contributed by atoms with Crippen molar-refractivity contribution in [2.45, 2.75) is 32.4 Å². The number of aliphatic hydroxyl groups excluding tert-OH is 1. The molecule has 1 fully saturated rings. The van der Waals surface area contributed by atoms with E-state index in [1.54, 1.807) is 20.0 Å². The van der Waals surface area contributed by atoms with Crippen molar-refractivity contribution in [2.75, 3.05) is 18.0 Å². The van der Waals surface area contributed by atoms with Gasteiger partial charge in [-0.1, -0.05) is 6.07 Å². The average Bonchev–Trinajstić information content (AvgIpc) is 2.76. The molecule has 2 N–H and O–H groups in total. The second-order valence-corrected chi connectivity index (χ2v) is 4.76. The molecule has 0 spiro atoms. The van der Waals surface area contributed by atoms with Crippen molar-refractivity contribution in [3.05, 3.63) is 23.9 Å². The van der Waals surface area contributed by atoms with Gasteiger partial charge in [0.15, 0.2) is 0 Å². The summed E-state index contributed by atoms with van der Waals surface area (Å²) in [5, 5.41) is 12.3. The predicted octanol–water partition coefficient (Wildman–Crippen LogP) is 0.850. The number of pyridine rings is 1. The molecule has 1 aromatic rings. The Morgan fingerprint density at radius 2 is 2.39 bits per heavy atom. The second-order valence-electron chi connectivity index (χ2n) is 4.76. The molecule has 5 heteroatoms. The molecule has 18 heavy (non-hydrogen) atoms. The fraction of sp³-hybridized carbons (Fsp3) is 0.538. The summed E-state index contributed by atoms with van der Waals surface area (Å²) < 4.78 is 0. The molecule has 1 aromatic heterocycles. The number of nitrogens with zero attached hydrogens (tertiary/aromatic N) is 2. The molecule has 2 heterocycles. The number of aromatic nitrogens is 1. The fourth-order valence-corrected chi connectivity index (χ4v) is 2.21. The third-order valence-corrected chi connectivity index (χ3v) is 3.17. The number of aliphatic hydroxyl groups is 1. The number of carbonyl (C=O) groups is 1. The largest absolute Gasteiger partial charge is 0.389 e. The molecule has 0 radical (unpaired) electrons. The van der Waals surface area contributed by atoms with E-state index in [4.69, 9.17) is 0 Å². The van der Waals surface area contributed by atoms with E-state index in [0.717, 1.165) is 30.9 Å². The van der Waals surface area contributed by atoms with Crippen LogP contribution in [0.1, 0.15) is 31.9 Å². The van der Waals surface area contributed by atoms with Gasteiger partial charge in [-0.2, -0.15) is 0 Å². The normalized spacial score (nSPS) is 20.8. The van der Waals surface area contributed by atoms with E-state index in [-0.39, 0.29) is 11.9 Å². The van der Waals surface area contributed by atoms with E-state index in [0.29, 0.717) is 0 Å². The lowest BCUT2D eigenvalue weighted by Crippen LogP contribution is -2.35. The Hall–Kier alpha value is -1.62.